The number of aryl methyl sites for hydroxylation is 1. The molecular weight excluding hydrogens is 272 g/mol. The third kappa shape index (κ3) is 2.97. The number of nitrogens with two attached hydrogens (primary N) is 1. The molecule has 0 aromatic heterocycles. The Morgan fingerprint density at radius 1 is 1.45 bits per heavy atom. The van der Waals surface area contributed by atoms with Gasteiger partial charge in [-0.3, -0.25) is 0 Å². The van der Waals surface area contributed by atoms with Gasteiger partial charge in [-0.1, -0.05) is 12.1 Å². The first-order chi connectivity index (χ1) is 4.74. The first-order valence-electron chi connectivity index (χ1n) is 3.19. The molecule has 0 aliphatic rings. The minimum Gasteiger partial charge on any atom is -0.326 e. The van der Waals surface area contributed by atoms with Crippen LogP contribution in [0.2, 0.25) is 0 Å². The van der Waals surface area contributed by atoms with Crippen molar-refractivity contribution >= 4 is 35.0 Å². The Morgan fingerprint density at radius 3 is 2.55 bits per heavy atom. The maximum Gasteiger partial charge on any atom is 0.0178 e. The van der Waals surface area contributed by atoms with Crippen LogP contribution < -0.4 is 5.73 Å². The lowest BCUT2D eigenvalue weighted by Gasteiger charge is -1.99. The summed E-state index contributed by atoms with van der Waals surface area (Å²) in [6.45, 7) is 2.73. The van der Waals surface area contributed by atoms with Gasteiger partial charge in [0, 0.05) is 10.1 Å². The third-order valence-electron chi connectivity index (χ3n) is 1.46. The Bertz CT molecular complexity index is 238. The maximum absolute atomic E-state index is 5.47. The zero-order chi connectivity index (χ0) is 7.56. The third-order valence-corrected chi connectivity index (χ3v) is 2.67. The van der Waals surface area contributed by atoms with E-state index in [1.807, 2.05) is 0 Å². The molecule has 0 amide bonds. The molecule has 0 bridgehead atoms. The lowest BCUT2D eigenvalue weighted by Crippen LogP contribution is -1.96. The molecule has 1 aromatic rings. The van der Waals surface area contributed by atoms with Crippen LogP contribution in [0.5, 0.6) is 0 Å². The fraction of sp³-hybridized carbons (Fsp3) is 0.250. The monoisotopic (exact) mass is 283 g/mol. The fourth-order valence-corrected chi connectivity index (χ4v) is 1.17. The molecule has 2 N–H and O–H groups in total. The predicted octanol–water partition coefficient (Wildman–Crippen LogP) is 2.48. The van der Waals surface area contributed by atoms with E-state index in [-0.39, 0.29) is 12.4 Å². The Hall–Kier alpha value is 0.200. The van der Waals surface area contributed by atoms with Crippen LogP contribution in [0.4, 0.5) is 0 Å². The molecule has 0 fully saturated rings. The van der Waals surface area contributed by atoms with Crippen molar-refractivity contribution in [2.45, 2.75) is 13.5 Å². The zero-order valence-electron chi connectivity index (χ0n) is 6.30. The Kier molecular flexibility index (Phi) is 5.04. The predicted molar refractivity (Wildman–Crippen MR) is 59.0 cm³/mol. The summed E-state index contributed by atoms with van der Waals surface area (Å²) in [5.41, 5.74) is 7.98. The summed E-state index contributed by atoms with van der Waals surface area (Å²) in [5.74, 6) is 0. The van der Waals surface area contributed by atoms with Crippen molar-refractivity contribution in [3.63, 3.8) is 0 Å². The van der Waals surface area contributed by atoms with Crippen molar-refractivity contribution in [1.29, 1.82) is 0 Å². The number of halogens is 2. The average molecular weight is 284 g/mol. The molecule has 0 saturated heterocycles. The molecule has 0 spiro atoms. The topological polar surface area (TPSA) is 26.0 Å². The van der Waals surface area contributed by atoms with Crippen LogP contribution in [-0.4, -0.2) is 0 Å². The first-order valence-corrected chi connectivity index (χ1v) is 4.27. The van der Waals surface area contributed by atoms with Crippen LogP contribution in [0.15, 0.2) is 18.2 Å². The highest BCUT2D eigenvalue weighted by Gasteiger charge is 1.93. The van der Waals surface area contributed by atoms with Gasteiger partial charge in [0.1, 0.15) is 0 Å². The van der Waals surface area contributed by atoms with E-state index in [2.05, 4.69) is 47.7 Å². The highest BCUT2D eigenvalue weighted by molar-refractivity contribution is 14.1. The van der Waals surface area contributed by atoms with Gasteiger partial charge in [0.15, 0.2) is 0 Å². The summed E-state index contributed by atoms with van der Waals surface area (Å²) in [6.07, 6.45) is 0. The fourth-order valence-electron chi connectivity index (χ4n) is 0.834. The number of hydrogen-bond acceptors (Lipinski definition) is 1. The molecule has 0 saturated carbocycles. The molecule has 0 radical (unpaired) electrons. The van der Waals surface area contributed by atoms with Gasteiger partial charge in [0.2, 0.25) is 0 Å². The largest absolute Gasteiger partial charge is 0.326 e. The second-order valence-electron chi connectivity index (χ2n) is 2.29. The van der Waals surface area contributed by atoms with Gasteiger partial charge in [0.05, 0.1) is 0 Å². The zero-order valence-corrected chi connectivity index (χ0v) is 9.28. The second-order valence-corrected chi connectivity index (χ2v) is 3.45. The molecule has 62 valence electrons. The lowest BCUT2D eigenvalue weighted by molar-refractivity contribution is 1.06. The number of rotatable bonds is 1. The summed E-state index contributed by atoms with van der Waals surface area (Å²) in [7, 11) is 0. The SMILES string of the molecule is Cc1cc(CN)ccc1I.Cl. The van der Waals surface area contributed by atoms with Gasteiger partial charge >= 0.3 is 0 Å². The van der Waals surface area contributed by atoms with Gasteiger partial charge in [0.25, 0.3) is 0 Å². The Balaban J connectivity index is 0.000001000. The first kappa shape index (κ1) is 11.2. The van der Waals surface area contributed by atoms with Crippen molar-refractivity contribution in [3.8, 4) is 0 Å². The van der Waals surface area contributed by atoms with Crippen LogP contribution in [0.25, 0.3) is 0 Å². The molecule has 0 heterocycles. The van der Waals surface area contributed by atoms with Crippen LogP contribution in [-0.2, 0) is 6.54 Å². The van der Waals surface area contributed by atoms with Crippen molar-refractivity contribution in [2.24, 2.45) is 5.73 Å². The van der Waals surface area contributed by atoms with E-state index >= 15 is 0 Å². The highest BCUT2D eigenvalue weighted by atomic mass is 127. The maximum atomic E-state index is 5.47. The van der Waals surface area contributed by atoms with E-state index in [9.17, 15) is 0 Å². The van der Waals surface area contributed by atoms with E-state index in [4.69, 9.17) is 5.73 Å². The molecule has 1 nitrogen and oxygen atoms in total. The van der Waals surface area contributed by atoms with Crippen LogP contribution in [0, 0.1) is 10.5 Å². The lowest BCUT2D eigenvalue weighted by atomic mass is 10.1. The summed E-state index contributed by atoms with van der Waals surface area (Å²) < 4.78 is 1.30. The molecule has 0 aliphatic carbocycles. The van der Waals surface area contributed by atoms with Gasteiger partial charge in [-0.25, -0.2) is 0 Å². The Labute approximate surface area is 86.9 Å². The van der Waals surface area contributed by atoms with Gasteiger partial charge in [-0.15, -0.1) is 12.4 Å². The van der Waals surface area contributed by atoms with Crippen molar-refractivity contribution < 1.29 is 0 Å². The molecular formula is C8H11ClIN. The van der Waals surface area contributed by atoms with Gasteiger partial charge < -0.3 is 5.73 Å². The average Bonchev–Trinajstić information content (AvgIpc) is 1.95. The van der Waals surface area contributed by atoms with Gasteiger partial charge in [-0.05, 0) is 46.7 Å². The van der Waals surface area contributed by atoms with E-state index in [1.165, 1.54) is 14.7 Å². The smallest absolute Gasteiger partial charge is 0.0178 e. The van der Waals surface area contributed by atoms with Gasteiger partial charge in [-0.2, -0.15) is 0 Å². The minimum atomic E-state index is 0. The summed E-state index contributed by atoms with van der Waals surface area (Å²) in [4.78, 5) is 0. The normalized spacial score (nSPS) is 9.00. The molecule has 3 heteroatoms. The molecule has 0 atom stereocenters. The van der Waals surface area contributed by atoms with E-state index in [0.717, 1.165) is 0 Å². The molecule has 1 rings (SSSR count). The van der Waals surface area contributed by atoms with Crippen LogP contribution >= 0.6 is 35.0 Å². The van der Waals surface area contributed by atoms with E-state index < -0.39 is 0 Å². The molecule has 0 aliphatic heterocycles. The number of benzene rings is 1. The Morgan fingerprint density at radius 2 is 2.09 bits per heavy atom. The van der Waals surface area contributed by atoms with E-state index in [0.29, 0.717) is 6.54 Å². The quantitative estimate of drug-likeness (QED) is 0.787. The van der Waals surface area contributed by atoms with Crippen LogP contribution in [0.1, 0.15) is 11.1 Å². The molecule has 1 aromatic carbocycles. The summed E-state index contributed by atoms with van der Waals surface area (Å²) >= 11 is 2.32. The standard InChI is InChI=1S/C8H10IN.ClH/c1-6-4-7(5-10)2-3-8(6)9;/h2-4H,5,10H2,1H3;1H. The summed E-state index contributed by atoms with van der Waals surface area (Å²) in [5, 5.41) is 0. The highest BCUT2D eigenvalue weighted by Crippen LogP contribution is 2.12. The van der Waals surface area contributed by atoms with E-state index in [1.54, 1.807) is 0 Å². The van der Waals surface area contributed by atoms with Crippen LogP contribution in [0.3, 0.4) is 0 Å². The molecule has 0 unspecified atom stereocenters. The van der Waals surface area contributed by atoms with Crippen molar-refractivity contribution in [1.82, 2.24) is 0 Å². The van der Waals surface area contributed by atoms with Crippen molar-refractivity contribution in [2.75, 3.05) is 0 Å². The number of hydrogen-bond donors (Lipinski definition) is 1. The molecule has 11 heavy (non-hydrogen) atoms. The van der Waals surface area contributed by atoms with Crippen molar-refractivity contribution in [3.05, 3.63) is 32.9 Å². The second kappa shape index (κ2) is 4.95. The minimum absolute atomic E-state index is 0. The summed E-state index contributed by atoms with van der Waals surface area (Å²) in [6, 6.07) is 6.29.